The highest BCUT2D eigenvalue weighted by Crippen LogP contribution is 2.36. The molecule has 1 unspecified atom stereocenters. The molecule has 4 aromatic rings. The molecule has 36 heavy (non-hydrogen) atoms. The number of carbonyl (C=O) groups is 1. The number of nitrogens with zero attached hydrogens (tertiary/aromatic N) is 3. The van der Waals surface area contributed by atoms with Gasteiger partial charge < -0.3 is 14.2 Å². The monoisotopic (exact) mass is 481 g/mol. The molecule has 0 N–H and O–H groups in total. The summed E-state index contributed by atoms with van der Waals surface area (Å²) in [5.41, 5.74) is 7.83. The summed E-state index contributed by atoms with van der Waals surface area (Å²) in [6.45, 7) is 10.6. The molecule has 2 heterocycles. The predicted molar refractivity (Wildman–Crippen MR) is 146 cm³/mol. The van der Waals surface area contributed by atoms with Crippen molar-refractivity contribution >= 4 is 22.6 Å². The van der Waals surface area contributed by atoms with E-state index in [0.717, 1.165) is 58.8 Å². The third kappa shape index (κ3) is 4.62. The molecule has 1 atom stereocenters. The lowest BCUT2D eigenvalue weighted by Gasteiger charge is -2.21. The fourth-order valence-electron chi connectivity index (χ4n) is 5.54. The van der Waals surface area contributed by atoms with Gasteiger partial charge in [-0.2, -0.15) is 0 Å². The van der Waals surface area contributed by atoms with E-state index < -0.39 is 0 Å². The molecule has 1 fully saturated rings. The Labute approximate surface area is 213 Å². The first-order valence-electron chi connectivity index (χ1n) is 12.9. The van der Waals surface area contributed by atoms with Crippen molar-refractivity contribution in [2.75, 3.05) is 18.1 Å². The van der Waals surface area contributed by atoms with Crippen LogP contribution in [0.1, 0.15) is 53.3 Å². The topological polar surface area (TPSA) is 47.4 Å². The largest absolute Gasteiger partial charge is 0.493 e. The molecule has 1 aliphatic rings. The normalized spacial score (nSPS) is 15.7. The number of amides is 1. The predicted octanol–water partition coefficient (Wildman–Crippen LogP) is 6.65. The Balaban J connectivity index is 1.32. The Bertz CT molecular complexity index is 1360. The van der Waals surface area contributed by atoms with Crippen LogP contribution >= 0.6 is 0 Å². The number of benzene rings is 3. The molecule has 1 saturated heterocycles. The molecule has 0 spiro atoms. The van der Waals surface area contributed by atoms with E-state index >= 15 is 0 Å². The average Bonchev–Trinajstić information content (AvgIpc) is 3.41. The van der Waals surface area contributed by atoms with Crippen LogP contribution in [0, 0.1) is 27.7 Å². The Morgan fingerprint density at radius 2 is 1.53 bits per heavy atom. The van der Waals surface area contributed by atoms with Crippen LogP contribution in [0.3, 0.4) is 0 Å². The van der Waals surface area contributed by atoms with Gasteiger partial charge in [-0.1, -0.05) is 48.5 Å². The molecule has 1 aliphatic heterocycles. The van der Waals surface area contributed by atoms with Crippen LogP contribution < -0.4 is 9.64 Å². The first kappa shape index (κ1) is 24.1. The zero-order chi connectivity index (χ0) is 25.2. The summed E-state index contributed by atoms with van der Waals surface area (Å²) in [7, 11) is 0. The summed E-state index contributed by atoms with van der Waals surface area (Å²) in [4.78, 5) is 20.1. The maximum atomic E-state index is 13.2. The minimum Gasteiger partial charge on any atom is -0.493 e. The van der Waals surface area contributed by atoms with Crippen molar-refractivity contribution in [3.8, 4) is 5.75 Å². The van der Waals surface area contributed by atoms with E-state index in [-0.39, 0.29) is 11.8 Å². The van der Waals surface area contributed by atoms with Gasteiger partial charge in [-0.25, -0.2) is 4.98 Å². The van der Waals surface area contributed by atoms with Crippen molar-refractivity contribution < 1.29 is 9.53 Å². The second kappa shape index (κ2) is 10.2. The van der Waals surface area contributed by atoms with Crippen molar-refractivity contribution in [3.63, 3.8) is 0 Å². The molecule has 186 valence electrons. The molecule has 5 heteroatoms. The van der Waals surface area contributed by atoms with Crippen LogP contribution in [0.2, 0.25) is 0 Å². The van der Waals surface area contributed by atoms with Gasteiger partial charge in [-0.3, -0.25) is 4.79 Å². The van der Waals surface area contributed by atoms with Crippen molar-refractivity contribution in [1.29, 1.82) is 0 Å². The Hall–Kier alpha value is -3.60. The molecule has 0 saturated carbocycles. The molecule has 5 nitrogen and oxygen atoms in total. The summed E-state index contributed by atoms with van der Waals surface area (Å²) >= 11 is 0. The van der Waals surface area contributed by atoms with Gasteiger partial charge >= 0.3 is 0 Å². The number of imidazole rings is 1. The smallest absolute Gasteiger partial charge is 0.227 e. The molecule has 0 radical (unpaired) electrons. The Morgan fingerprint density at radius 1 is 0.861 bits per heavy atom. The second-order valence-corrected chi connectivity index (χ2v) is 10.0. The highest BCUT2D eigenvalue weighted by Gasteiger charge is 2.35. The SMILES string of the molecule is Cc1cccc(C)c1OCCCCn1c(C2CC(=O)N(c3c(C)cccc3C)C2)nc2ccccc21. The number of fused-ring (bicyclic) bond motifs is 1. The van der Waals surface area contributed by atoms with Crippen LogP contribution in [0.15, 0.2) is 60.7 Å². The number of carbonyl (C=O) groups excluding carboxylic acids is 1. The van der Waals surface area contributed by atoms with E-state index in [1.807, 2.05) is 11.0 Å². The number of hydrogen-bond acceptors (Lipinski definition) is 3. The van der Waals surface area contributed by atoms with E-state index in [1.165, 1.54) is 11.1 Å². The standard InChI is InChI=1S/C31H35N3O2/c1-21-11-9-12-22(2)29(21)34-20-25(19-28(34)35)31-32-26-15-5-6-16-27(26)33(31)17-7-8-18-36-30-23(3)13-10-14-24(30)4/h5-6,9-16,25H,7-8,17-20H2,1-4H3. The zero-order valence-electron chi connectivity index (χ0n) is 21.8. The number of ether oxygens (including phenoxy) is 1. The fraction of sp³-hybridized carbons (Fsp3) is 0.355. The van der Waals surface area contributed by atoms with Gasteiger partial charge in [-0.05, 0) is 74.9 Å². The minimum absolute atomic E-state index is 0.0785. The minimum atomic E-state index is 0.0785. The molecule has 0 aliphatic carbocycles. The van der Waals surface area contributed by atoms with Crippen LogP contribution in [0.4, 0.5) is 5.69 Å². The number of aryl methyl sites for hydroxylation is 5. The van der Waals surface area contributed by atoms with Gasteiger partial charge in [0.15, 0.2) is 0 Å². The molecule has 3 aromatic carbocycles. The highest BCUT2D eigenvalue weighted by atomic mass is 16.5. The van der Waals surface area contributed by atoms with Gasteiger partial charge in [0.25, 0.3) is 0 Å². The lowest BCUT2D eigenvalue weighted by atomic mass is 10.1. The number of hydrogen-bond donors (Lipinski definition) is 0. The molecule has 1 amide bonds. The zero-order valence-corrected chi connectivity index (χ0v) is 21.8. The van der Waals surface area contributed by atoms with E-state index in [1.54, 1.807) is 0 Å². The van der Waals surface area contributed by atoms with E-state index in [2.05, 4.69) is 86.9 Å². The van der Waals surface area contributed by atoms with Crippen LogP contribution in [-0.4, -0.2) is 28.6 Å². The van der Waals surface area contributed by atoms with Crippen LogP contribution in [0.25, 0.3) is 11.0 Å². The summed E-state index contributed by atoms with van der Waals surface area (Å²) in [6, 6.07) is 20.8. The quantitative estimate of drug-likeness (QED) is 0.265. The maximum absolute atomic E-state index is 13.2. The van der Waals surface area contributed by atoms with Gasteiger partial charge in [0, 0.05) is 31.1 Å². The lowest BCUT2D eigenvalue weighted by Crippen LogP contribution is -2.26. The Kier molecular flexibility index (Phi) is 6.82. The number of para-hydroxylation sites is 4. The van der Waals surface area contributed by atoms with Crippen LogP contribution in [0.5, 0.6) is 5.75 Å². The number of unbranched alkanes of at least 4 members (excludes halogenated alkanes) is 1. The number of rotatable bonds is 8. The molecule has 1 aromatic heterocycles. The maximum Gasteiger partial charge on any atom is 0.227 e. The van der Waals surface area contributed by atoms with Crippen molar-refractivity contribution in [2.45, 2.75) is 59.4 Å². The lowest BCUT2D eigenvalue weighted by molar-refractivity contribution is -0.117. The summed E-state index contributed by atoms with van der Waals surface area (Å²) in [5, 5.41) is 0. The third-order valence-corrected chi connectivity index (χ3v) is 7.31. The second-order valence-electron chi connectivity index (χ2n) is 10.0. The molecular formula is C31H35N3O2. The first-order chi connectivity index (χ1) is 17.4. The van der Waals surface area contributed by atoms with Crippen LogP contribution in [-0.2, 0) is 11.3 Å². The number of anilines is 1. The number of aromatic nitrogens is 2. The molecule has 5 rings (SSSR count). The fourth-order valence-corrected chi connectivity index (χ4v) is 5.54. The summed E-state index contributed by atoms with van der Waals surface area (Å²) in [6.07, 6.45) is 2.43. The van der Waals surface area contributed by atoms with E-state index in [4.69, 9.17) is 9.72 Å². The first-order valence-corrected chi connectivity index (χ1v) is 12.9. The molecule has 0 bridgehead atoms. The average molecular weight is 482 g/mol. The van der Waals surface area contributed by atoms with Crippen molar-refractivity contribution in [3.05, 3.63) is 88.7 Å². The van der Waals surface area contributed by atoms with Crippen molar-refractivity contribution in [1.82, 2.24) is 9.55 Å². The molecular weight excluding hydrogens is 446 g/mol. The van der Waals surface area contributed by atoms with E-state index in [9.17, 15) is 4.79 Å². The van der Waals surface area contributed by atoms with Gasteiger partial charge in [0.2, 0.25) is 5.91 Å². The summed E-state index contributed by atoms with van der Waals surface area (Å²) < 4.78 is 8.46. The van der Waals surface area contributed by atoms with Gasteiger partial charge in [0.05, 0.1) is 17.6 Å². The van der Waals surface area contributed by atoms with Gasteiger partial charge in [-0.15, -0.1) is 0 Å². The van der Waals surface area contributed by atoms with Gasteiger partial charge in [0.1, 0.15) is 11.6 Å². The highest BCUT2D eigenvalue weighted by molar-refractivity contribution is 5.98. The summed E-state index contributed by atoms with van der Waals surface area (Å²) in [5.74, 6) is 2.28. The third-order valence-electron chi connectivity index (χ3n) is 7.31. The Morgan fingerprint density at radius 3 is 2.25 bits per heavy atom. The van der Waals surface area contributed by atoms with E-state index in [0.29, 0.717) is 19.6 Å². The van der Waals surface area contributed by atoms with Crippen molar-refractivity contribution in [2.24, 2.45) is 0 Å².